The Bertz CT molecular complexity index is 904. The molecule has 0 aliphatic heterocycles. The Morgan fingerprint density at radius 1 is 0.650 bits per heavy atom. The maximum Gasteiger partial charge on any atom is 0.0406 e. The van der Waals surface area contributed by atoms with Crippen LogP contribution >= 0.6 is 22.9 Å². The molecule has 0 N–H and O–H groups in total. The van der Waals surface area contributed by atoms with Crippen molar-refractivity contribution in [2.45, 2.75) is 0 Å². The van der Waals surface area contributed by atoms with Crippen LogP contribution in [0.15, 0.2) is 66.7 Å². The highest BCUT2D eigenvalue weighted by atomic mass is 35.5. The topological polar surface area (TPSA) is 0 Å². The molecule has 2 heteroatoms. The first kappa shape index (κ1) is 12.0. The zero-order chi connectivity index (χ0) is 13.5. The molecule has 3 aromatic carbocycles. The average Bonchev–Trinajstić information content (AvgIpc) is 2.85. The summed E-state index contributed by atoms with van der Waals surface area (Å²) in [6, 6.07) is 23.2. The molecule has 0 saturated heterocycles. The summed E-state index contributed by atoms with van der Waals surface area (Å²) >= 11 is 7.80. The first-order chi connectivity index (χ1) is 9.81. The molecule has 0 atom stereocenters. The lowest BCUT2D eigenvalue weighted by Gasteiger charge is -2.02. The van der Waals surface area contributed by atoms with Crippen molar-refractivity contribution in [1.29, 1.82) is 0 Å². The van der Waals surface area contributed by atoms with Gasteiger partial charge in [0.05, 0.1) is 0 Å². The largest absolute Gasteiger partial charge is 0.135 e. The van der Waals surface area contributed by atoms with Gasteiger partial charge in [-0.25, -0.2) is 0 Å². The smallest absolute Gasteiger partial charge is 0.0406 e. The van der Waals surface area contributed by atoms with Gasteiger partial charge in [0.25, 0.3) is 0 Å². The van der Waals surface area contributed by atoms with Crippen LogP contribution in [-0.4, -0.2) is 0 Å². The molecule has 0 unspecified atom stereocenters. The Balaban J connectivity index is 1.94. The Kier molecular flexibility index (Phi) is 2.76. The lowest BCUT2D eigenvalue weighted by atomic mass is 10.0. The molecule has 0 aliphatic rings. The number of thiophene rings is 1. The van der Waals surface area contributed by atoms with E-state index < -0.39 is 0 Å². The lowest BCUT2D eigenvalue weighted by Crippen LogP contribution is -1.76. The number of hydrogen-bond donors (Lipinski definition) is 0. The molecule has 0 bridgehead atoms. The molecule has 20 heavy (non-hydrogen) atoms. The van der Waals surface area contributed by atoms with Crippen LogP contribution < -0.4 is 0 Å². The Morgan fingerprint density at radius 3 is 2.20 bits per heavy atom. The molecule has 96 valence electrons. The molecule has 0 aliphatic carbocycles. The minimum atomic E-state index is 0.775. The van der Waals surface area contributed by atoms with Crippen LogP contribution in [0.2, 0.25) is 5.02 Å². The third-order valence-corrected chi connectivity index (χ3v) is 4.94. The molecule has 0 nitrogen and oxygen atoms in total. The second-order valence-corrected chi connectivity index (χ2v) is 6.34. The van der Waals surface area contributed by atoms with E-state index in [-0.39, 0.29) is 0 Å². The van der Waals surface area contributed by atoms with E-state index in [0.717, 1.165) is 5.02 Å². The molecular weight excluding hydrogens is 284 g/mol. The van der Waals surface area contributed by atoms with Gasteiger partial charge in [0, 0.05) is 25.2 Å². The van der Waals surface area contributed by atoms with Crippen LogP contribution in [0.3, 0.4) is 0 Å². The summed E-state index contributed by atoms with van der Waals surface area (Å²) in [6.45, 7) is 0. The van der Waals surface area contributed by atoms with Gasteiger partial charge >= 0.3 is 0 Å². The Hall–Kier alpha value is -1.83. The van der Waals surface area contributed by atoms with Gasteiger partial charge in [-0.3, -0.25) is 0 Å². The second-order valence-electron chi connectivity index (χ2n) is 4.82. The summed E-state index contributed by atoms with van der Waals surface area (Å²) in [5, 5.41) is 3.45. The van der Waals surface area contributed by atoms with Gasteiger partial charge < -0.3 is 0 Å². The van der Waals surface area contributed by atoms with Crippen molar-refractivity contribution in [3.63, 3.8) is 0 Å². The minimum absolute atomic E-state index is 0.775. The maximum absolute atomic E-state index is 5.95. The Morgan fingerprint density at radius 2 is 1.35 bits per heavy atom. The molecule has 0 spiro atoms. The standard InChI is InChI=1S/C18H11ClS/c19-14-8-5-12(6-9-14)13-7-10-16-15-3-1-2-4-17(15)20-18(16)11-13/h1-11H. The molecule has 0 saturated carbocycles. The van der Waals surface area contributed by atoms with Crippen molar-refractivity contribution >= 4 is 43.1 Å². The first-order valence-electron chi connectivity index (χ1n) is 6.48. The fourth-order valence-corrected chi connectivity index (χ4v) is 3.82. The normalized spacial score (nSPS) is 11.2. The number of fused-ring (bicyclic) bond motifs is 3. The highest BCUT2D eigenvalue weighted by Crippen LogP contribution is 2.36. The molecule has 4 rings (SSSR count). The van der Waals surface area contributed by atoms with Crippen LogP contribution in [0.5, 0.6) is 0 Å². The SMILES string of the molecule is Clc1ccc(-c2ccc3c(c2)sc2ccccc23)cc1. The summed E-state index contributed by atoms with van der Waals surface area (Å²) in [5.74, 6) is 0. The second kappa shape index (κ2) is 4.62. The fraction of sp³-hybridized carbons (Fsp3) is 0. The van der Waals surface area contributed by atoms with Gasteiger partial charge in [-0.15, -0.1) is 11.3 Å². The third-order valence-electron chi connectivity index (χ3n) is 3.56. The summed E-state index contributed by atoms with van der Waals surface area (Å²) in [7, 11) is 0. The molecule has 4 aromatic rings. The van der Waals surface area contributed by atoms with E-state index in [2.05, 4.69) is 54.6 Å². The van der Waals surface area contributed by atoms with Crippen molar-refractivity contribution in [2.75, 3.05) is 0 Å². The van der Waals surface area contributed by atoms with Gasteiger partial charge in [0.1, 0.15) is 0 Å². The Labute approximate surface area is 126 Å². The fourth-order valence-electron chi connectivity index (χ4n) is 2.55. The monoisotopic (exact) mass is 294 g/mol. The van der Waals surface area contributed by atoms with Crippen molar-refractivity contribution in [3.8, 4) is 11.1 Å². The van der Waals surface area contributed by atoms with Crippen molar-refractivity contribution in [2.24, 2.45) is 0 Å². The quantitative estimate of drug-likeness (QED) is 0.382. The molecule has 1 heterocycles. The minimum Gasteiger partial charge on any atom is -0.135 e. The van der Waals surface area contributed by atoms with Gasteiger partial charge in [-0.1, -0.05) is 54.1 Å². The zero-order valence-corrected chi connectivity index (χ0v) is 12.2. The number of hydrogen-bond acceptors (Lipinski definition) is 1. The molecule has 0 fully saturated rings. The van der Waals surface area contributed by atoms with Gasteiger partial charge in [0.15, 0.2) is 0 Å². The highest BCUT2D eigenvalue weighted by molar-refractivity contribution is 7.25. The van der Waals surface area contributed by atoms with Gasteiger partial charge in [-0.05, 0) is 35.4 Å². The van der Waals surface area contributed by atoms with E-state index in [1.165, 1.54) is 31.3 Å². The lowest BCUT2D eigenvalue weighted by molar-refractivity contribution is 1.66. The van der Waals surface area contributed by atoms with Crippen molar-refractivity contribution in [1.82, 2.24) is 0 Å². The van der Waals surface area contributed by atoms with Crippen molar-refractivity contribution < 1.29 is 0 Å². The van der Waals surface area contributed by atoms with Crippen LogP contribution in [0.25, 0.3) is 31.3 Å². The van der Waals surface area contributed by atoms with E-state index in [0.29, 0.717) is 0 Å². The van der Waals surface area contributed by atoms with Crippen LogP contribution in [0, 0.1) is 0 Å². The highest BCUT2D eigenvalue weighted by Gasteiger charge is 2.06. The molecule has 0 radical (unpaired) electrons. The predicted octanol–water partition coefficient (Wildman–Crippen LogP) is 6.37. The first-order valence-corrected chi connectivity index (χ1v) is 7.68. The summed E-state index contributed by atoms with van der Waals surface area (Å²) in [5.41, 5.74) is 2.44. The summed E-state index contributed by atoms with van der Waals surface area (Å²) in [4.78, 5) is 0. The summed E-state index contributed by atoms with van der Waals surface area (Å²) < 4.78 is 2.68. The van der Waals surface area contributed by atoms with Crippen LogP contribution in [-0.2, 0) is 0 Å². The van der Waals surface area contributed by atoms with Crippen molar-refractivity contribution in [3.05, 3.63) is 71.8 Å². The van der Waals surface area contributed by atoms with E-state index in [9.17, 15) is 0 Å². The molecule has 0 amide bonds. The third kappa shape index (κ3) is 1.91. The van der Waals surface area contributed by atoms with Crippen LogP contribution in [0.4, 0.5) is 0 Å². The maximum atomic E-state index is 5.95. The zero-order valence-electron chi connectivity index (χ0n) is 10.6. The molecular formula is C18H11ClS. The molecule has 1 aromatic heterocycles. The van der Waals surface area contributed by atoms with Crippen LogP contribution in [0.1, 0.15) is 0 Å². The van der Waals surface area contributed by atoms with E-state index in [1.807, 2.05) is 23.5 Å². The number of rotatable bonds is 1. The predicted molar refractivity (Wildman–Crippen MR) is 89.8 cm³/mol. The number of halogens is 1. The van der Waals surface area contributed by atoms with Gasteiger partial charge in [0.2, 0.25) is 0 Å². The van der Waals surface area contributed by atoms with E-state index in [4.69, 9.17) is 11.6 Å². The van der Waals surface area contributed by atoms with E-state index in [1.54, 1.807) is 0 Å². The number of benzene rings is 3. The average molecular weight is 295 g/mol. The van der Waals surface area contributed by atoms with E-state index >= 15 is 0 Å². The van der Waals surface area contributed by atoms with Gasteiger partial charge in [-0.2, -0.15) is 0 Å². The summed E-state index contributed by atoms with van der Waals surface area (Å²) in [6.07, 6.45) is 0.